The molecule has 4 rings (SSSR count). The molecule has 1 aromatic carbocycles. The Bertz CT molecular complexity index is 991. The molecule has 1 N–H and O–H groups in total. The first-order valence-corrected chi connectivity index (χ1v) is 9.58. The Balaban J connectivity index is 1.68. The van der Waals surface area contributed by atoms with Gasteiger partial charge in [-0.05, 0) is 35.6 Å². The van der Waals surface area contributed by atoms with Gasteiger partial charge in [-0.1, -0.05) is 62.4 Å². The monoisotopic (exact) mass is 372 g/mol. The van der Waals surface area contributed by atoms with Crippen LogP contribution in [0.2, 0.25) is 0 Å². The summed E-state index contributed by atoms with van der Waals surface area (Å²) in [7, 11) is 0. The number of carbonyl (C=O) groups excluding carboxylic acids is 1. The van der Waals surface area contributed by atoms with E-state index in [9.17, 15) is 4.79 Å². The fraction of sp³-hybridized carbons (Fsp3) is 0.250. The van der Waals surface area contributed by atoms with Gasteiger partial charge in [-0.15, -0.1) is 0 Å². The van der Waals surface area contributed by atoms with Crippen molar-refractivity contribution >= 4 is 12.2 Å². The summed E-state index contributed by atoms with van der Waals surface area (Å²) in [5.41, 5.74) is 4.97. The van der Waals surface area contributed by atoms with E-state index in [4.69, 9.17) is 4.74 Å². The molecule has 1 unspecified atom stereocenters. The van der Waals surface area contributed by atoms with Gasteiger partial charge in [0.15, 0.2) is 0 Å². The van der Waals surface area contributed by atoms with Gasteiger partial charge in [0.2, 0.25) is 0 Å². The summed E-state index contributed by atoms with van der Waals surface area (Å²) in [6.45, 7) is 6.51. The molecule has 1 spiro atoms. The second kappa shape index (κ2) is 7.12. The summed E-state index contributed by atoms with van der Waals surface area (Å²) in [5.74, 6) is 0.0216. The van der Waals surface area contributed by atoms with E-state index in [1.54, 1.807) is 0 Å². The normalized spacial score (nSPS) is 22.6. The fourth-order valence-electron chi connectivity index (χ4n) is 4.05. The summed E-state index contributed by atoms with van der Waals surface area (Å²) in [6.07, 6.45) is 11.9. The van der Waals surface area contributed by atoms with Crippen LogP contribution in [-0.2, 0) is 16.1 Å². The maximum absolute atomic E-state index is 13.0. The van der Waals surface area contributed by atoms with Gasteiger partial charge in [0.25, 0.3) is 0 Å². The largest absolute Gasteiger partial charge is 0.457 e. The van der Waals surface area contributed by atoms with Crippen LogP contribution in [0, 0.1) is 5.92 Å². The van der Waals surface area contributed by atoms with Crippen LogP contribution in [0.5, 0.6) is 0 Å². The molecular formula is C24H24N2O2. The Kier molecular flexibility index (Phi) is 4.63. The van der Waals surface area contributed by atoms with Crippen molar-refractivity contribution in [3.05, 3.63) is 94.4 Å². The maximum Gasteiger partial charge on any atom is 0.340 e. The Hall–Kier alpha value is -3.14. The van der Waals surface area contributed by atoms with E-state index in [1.807, 2.05) is 61.8 Å². The van der Waals surface area contributed by atoms with Gasteiger partial charge >= 0.3 is 5.97 Å². The molecule has 28 heavy (non-hydrogen) atoms. The van der Waals surface area contributed by atoms with E-state index in [1.165, 1.54) is 5.57 Å². The molecule has 3 aliphatic rings. The van der Waals surface area contributed by atoms with Gasteiger partial charge in [0.05, 0.1) is 5.57 Å². The highest BCUT2D eigenvalue weighted by molar-refractivity contribution is 6.02. The number of hydrogen-bond donors (Lipinski definition) is 1. The highest BCUT2D eigenvalue weighted by Crippen LogP contribution is 2.44. The third kappa shape index (κ3) is 2.95. The molecule has 0 saturated carbocycles. The van der Waals surface area contributed by atoms with Gasteiger partial charge in [-0.25, -0.2) is 4.79 Å². The summed E-state index contributed by atoms with van der Waals surface area (Å²) in [5, 5.41) is 3.54. The van der Waals surface area contributed by atoms with Gasteiger partial charge in [0, 0.05) is 23.7 Å². The van der Waals surface area contributed by atoms with E-state index < -0.39 is 5.54 Å². The first kappa shape index (κ1) is 18.2. The Labute approximate surface area is 165 Å². The van der Waals surface area contributed by atoms with Crippen molar-refractivity contribution in [1.29, 1.82) is 0 Å². The quantitative estimate of drug-likeness (QED) is 0.798. The second-order valence-electron chi connectivity index (χ2n) is 7.55. The average molecular weight is 372 g/mol. The number of allylic oxidation sites excluding steroid dienone is 5. The molecule has 0 fully saturated rings. The molecule has 4 heteroatoms. The van der Waals surface area contributed by atoms with E-state index >= 15 is 0 Å². The minimum Gasteiger partial charge on any atom is -0.457 e. The molecule has 0 amide bonds. The molecule has 0 radical (unpaired) electrons. The molecule has 4 nitrogen and oxygen atoms in total. The predicted molar refractivity (Wildman–Crippen MR) is 112 cm³/mol. The highest BCUT2D eigenvalue weighted by atomic mass is 16.5. The molecule has 2 aliphatic heterocycles. The Morgan fingerprint density at radius 3 is 2.75 bits per heavy atom. The third-order valence-corrected chi connectivity index (χ3v) is 5.36. The van der Waals surface area contributed by atoms with E-state index in [2.05, 4.69) is 36.3 Å². The standard InChI is InChI=1S/C24H24N2O2/c1-16(2)19-12-13-25-15-24-20(19)10-7-11-21(24)22(17(3)26-24)23(27)28-14-18-8-5-4-6-9-18/h4-13,15-16,26H,14H2,1-3H3. The van der Waals surface area contributed by atoms with Crippen LogP contribution in [0.25, 0.3) is 0 Å². The number of esters is 1. The zero-order valence-corrected chi connectivity index (χ0v) is 16.4. The first-order chi connectivity index (χ1) is 13.5. The summed E-state index contributed by atoms with van der Waals surface area (Å²) < 4.78 is 5.64. The van der Waals surface area contributed by atoms with Crippen LogP contribution < -0.4 is 5.32 Å². The Morgan fingerprint density at radius 2 is 2.00 bits per heavy atom. The molecular weight excluding hydrogens is 348 g/mol. The Morgan fingerprint density at radius 1 is 1.21 bits per heavy atom. The van der Waals surface area contributed by atoms with Crippen molar-refractivity contribution < 1.29 is 9.53 Å². The number of hydrogen-bond acceptors (Lipinski definition) is 4. The maximum atomic E-state index is 13.0. The number of aliphatic imine (C=N–C) groups is 1. The molecule has 1 aromatic rings. The SMILES string of the molecule is CC1=C(C(=O)OCc2ccccc2)C2=CC=CC3=C(C(C)C)C=CN=CC23N1. The van der Waals surface area contributed by atoms with Crippen LogP contribution in [-0.4, -0.2) is 17.7 Å². The second-order valence-corrected chi connectivity index (χ2v) is 7.55. The number of benzene rings is 1. The number of nitrogens with zero attached hydrogens (tertiary/aromatic N) is 1. The molecule has 142 valence electrons. The highest BCUT2D eigenvalue weighted by Gasteiger charge is 2.47. The predicted octanol–water partition coefficient (Wildman–Crippen LogP) is 4.39. The van der Waals surface area contributed by atoms with Crippen molar-refractivity contribution in [2.24, 2.45) is 10.9 Å². The zero-order valence-electron chi connectivity index (χ0n) is 16.4. The van der Waals surface area contributed by atoms with Crippen LogP contribution >= 0.6 is 0 Å². The van der Waals surface area contributed by atoms with Gasteiger partial charge < -0.3 is 10.1 Å². The topological polar surface area (TPSA) is 50.7 Å². The molecule has 1 aliphatic carbocycles. The fourth-order valence-corrected chi connectivity index (χ4v) is 4.05. The lowest BCUT2D eigenvalue weighted by Crippen LogP contribution is -2.46. The number of ether oxygens (including phenoxy) is 1. The van der Waals surface area contributed by atoms with Crippen molar-refractivity contribution in [2.75, 3.05) is 0 Å². The summed E-state index contributed by atoms with van der Waals surface area (Å²) in [4.78, 5) is 17.5. The molecule has 0 saturated heterocycles. The minimum atomic E-state index is -0.622. The van der Waals surface area contributed by atoms with Gasteiger partial charge in [-0.3, -0.25) is 4.99 Å². The molecule has 2 heterocycles. The molecule has 1 atom stereocenters. The van der Waals surface area contributed by atoms with Crippen molar-refractivity contribution in [3.8, 4) is 0 Å². The van der Waals surface area contributed by atoms with Crippen molar-refractivity contribution in [3.63, 3.8) is 0 Å². The molecule has 0 aromatic heterocycles. The number of nitrogens with one attached hydrogen (secondary N) is 1. The smallest absolute Gasteiger partial charge is 0.340 e. The van der Waals surface area contributed by atoms with E-state index in [0.717, 1.165) is 22.4 Å². The minimum absolute atomic E-state index is 0.252. The lowest BCUT2D eigenvalue weighted by molar-refractivity contribution is -0.140. The zero-order chi connectivity index (χ0) is 19.7. The van der Waals surface area contributed by atoms with Crippen LogP contribution in [0.15, 0.2) is 93.8 Å². The lowest BCUT2D eigenvalue weighted by Gasteiger charge is -2.34. The van der Waals surface area contributed by atoms with Crippen molar-refractivity contribution in [1.82, 2.24) is 5.32 Å². The molecule has 0 bridgehead atoms. The van der Waals surface area contributed by atoms with Crippen LogP contribution in [0.4, 0.5) is 0 Å². The lowest BCUT2D eigenvalue weighted by atomic mass is 9.75. The van der Waals surface area contributed by atoms with Crippen LogP contribution in [0.1, 0.15) is 26.3 Å². The van der Waals surface area contributed by atoms with Crippen molar-refractivity contribution in [2.45, 2.75) is 32.9 Å². The van der Waals surface area contributed by atoms with E-state index in [-0.39, 0.29) is 12.6 Å². The number of rotatable bonds is 4. The third-order valence-electron chi connectivity index (χ3n) is 5.36. The number of carbonyl (C=O) groups is 1. The summed E-state index contributed by atoms with van der Waals surface area (Å²) >= 11 is 0. The van der Waals surface area contributed by atoms with Gasteiger partial charge in [0.1, 0.15) is 12.1 Å². The van der Waals surface area contributed by atoms with Crippen LogP contribution in [0.3, 0.4) is 0 Å². The first-order valence-electron chi connectivity index (χ1n) is 9.58. The van der Waals surface area contributed by atoms with E-state index in [0.29, 0.717) is 11.5 Å². The van der Waals surface area contributed by atoms with Gasteiger partial charge in [-0.2, -0.15) is 0 Å². The average Bonchev–Trinajstić information content (AvgIpc) is 2.85. The summed E-state index contributed by atoms with van der Waals surface area (Å²) in [6, 6.07) is 9.72.